The number of benzene rings is 2. The molecule has 0 aliphatic rings. The molecule has 0 radical (unpaired) electrons. The van der Waals surface area contributed by atoms with E-state index in [9.17, 15) is 4.79 Å². The van der Waals surface area contributed by atoms with Gasteiger partial charge < -0.3 is 4.74 Å². The molecule has 0 aromatic heterocycles. The van der Waals surface area contributed by atoms with Crippen molar-refractivity contribution in [3.05, 3.63) is 60.7 Å². The third-order valence-electron chi connectivity index (χ3n) is 2.60. The number of alkyl halides is 1. The Hall–Kier alpha value is -2.14. The molecule has 0 bridgehead atoms. The zero-order chi connectivity index (χ0) is 14.9. The number of anilines is 2. The van der Waals surface area contributed by atoms with Crippen molar-refractivity contribution in [3.8, 4) is 0 Å². The van der Waals surface area contributed by atoms with Crippen molar-refractivity contribution in [2.45, 2.75) is 0 Å². The molecule has 0 N–H and O–H groups in total. The van der Waals surface area contributed by atoms with Gasteiger partial charge >= 0.3 is 5.97 Å². The lowest BCUT2D eigenvalue weighted by Gasteiger charge is -2.18. The highest BCUT2D eigenvalue weighted by molar-refractivity contribution is 9.09. The molecule has 0 aliphatic carbocycles. The van der Waals surface area contributed by atoms with Crippen LogP contribution in [0.1, 0.15) is 0 Å². The number of para-hydroxylation sites is 2. The second-order valence-electron chi connectivity index (χ2n) is 4.08. The first-order chi connectivity index (χ1) is 10.3. The van der Waals surface area contributed by atoms with Crippen LogP contribution in [0.2, 0.25) is 0 Å². The largest absolute Gasteiger partial charge is 0.460 e. The number of hydrogen-bond donors (Lipinski definition) is 0. The molecule has 0 unspecified atom stereocenters. The summed E-state index contributed by atoms with van der Waals surface area (Å²) in [6.45, 7) is 0.321. The third kappa shape index (κ3) is 4.72. The molecular formula is C16H15BrN2O2. The first kappa shape index (κ1) is 15.3. The molecule has 108 valence electrons. The van der Waals surface area contributed by atoms with Crippen molar-refractivity contribution >= 4 is 39.5 Å². The fourth-order valence-electron chi connectivity index (χ4n) is 1.70. The Morgan fingerprint density at radius 1 is 1.05 bits per heavy atom. The predicted octanol–water partition coefficient (Wildman–Crippen LogP) is 3.75. The molecule has 0 aliphatic heterocycles. The van der Waals surface area contributed by atoms with Crippen molar-refractivity contribution < 1.29 is 9.53 Å². The maximum absolute atomic E-state index is 11.5. The van der Waals surface area contributed by atoms with Crippen molar-refractivity contribution in [2.75, 3.05) is 16.9 Å². The van der Waals surface area contributed by atoms with E-state index in [0.29, 0.717) is 11.9 Å². The van der Waals surface area contributed by atoms with E-state index in [1.54, 1.807) is 5.01 Å². The van der Waals surface area contributed by atoms with E-state index in [-0.39, 0.29) is 0 Å². The highest BCUT2D eigenvalue weighted by Crippen LogP contribution is 2.24. The van der Waals surface area contributed by atoms with E-state index in [2.05, 4.69) is 21.0 Å². The number of hydrogen-bond acceptors (Lipinski definition) is 4. The molecule has 0 heterocycles. The molecule has 2 aromatic rings. The predicted molar refractivity (Wildman–Crippen MR) is 88.3 cm³/mol. The van der Waals surface area contributed by atoms with Gasteiger partial charge in [0.15, 0.2) is 0 Å². The summed E-state index contributed by atoms with van der Waals surface area (Å²) in [4.78, 5) is 11.5. The smallest absolute Gasteiger partial charge is 0.351 e. The lowest BCUT2D eigenvalue weighted by molar-refractivity contribution is -0.134. The van der Waals surface area contributed by atoms with Crippen LogP contribution in [0, 0.1) is 0 Å². The SMILES string of the molecule is O=C(/C=N/N(c1ccccc1)c1ccccc1)OCCBr. The van der Waals surface area contributed by atoms with Crippen LogP contribution < -0.4 is 5.01 Å². The summed E-state index contributed by atoms with van der Waals surface area (Å²) in [6.07, 6.45) is 1.18. The lowest BCUT2D eigenvalue weighted by Crippen LogP contribution is -2.14. The minimum Gasteiger partial charge on any atom is -0.460 e. The monoisotopic (exact) mass is 346 g/mol. The van der Waals surface area contributed by atoms with Crippen LogP contribution in [0.4, 0.5) is 11.4 Å². The Kier molecular flexibility index (Phi) is 5.97. The molecule has 4 nitrogen and oxygen atoms in total. The number of carbonyl (C=O) groups is 1. The van der Waals surface area contributed by atoms with Crippen LogP contribution in [-0.4, -0.2) is 24.1 Å². The van der Waals surface area contributed by atoms with Gasteiger partial charge in [0.25, 0.3) is 0 Å². The Balaban J connectivity index is 2.21. The molecule has 0 fully saturated rings. The topological polar surface area (TPSA) is 41.9 Å². The zero-order valence-electron chi connectivity index (χ0n) is 11.4. The Labute approximate surface area is 132 Å². The molecule has 0 spiro atoms. The van der Waals surface area contributed by atoms with Crippen LogP contribution in [0.3, 0.4) is 0 Å². The van der Waals surface area contributed by atoms with Gasteiger partial charge in [-0.1, -0.05) is 52.3 Å². The summed E-state index contributed by atoms with van der Waals surface area (Å²) in [5.41, 5.74) is 1.74. The van der Waals surface area contributed by atoms with Gasteiger partial charge in [-0.2, -0.15) is 5.10 Å². The molecule has 5 heteroatoms. The molecule has 0 saturated heterocycles. The van der Waals surface area contributed by atoms with Gasteiger partial charge in [0, 0.05) is 5.33 Å². The highest BCUT2D eigenvalue weighted by Gasteiger charge is 2.07. The fraction of sp³-hybridized carbons (Fsp3) is 0.125. The molecule has 0 atom stereocenters. The van der Waals surface area contributed by atoms with Gasteiger partial charge in [-0.25, -0.2) is 9.80 Å². The summed E-state index contributed by atoms with van der Waals surface area (Å²) in [5.74, 6) is -0.466. The summed E-state index contributed by atoms with van der Waals surface area (Å²) in [5, 5.41) is 6.53. The molecule has 21 heavy (non-hydrogen) atoms. The van der Waals surface area contributed by atoms with Crippen LogP contribution in [0.5, 0.6) is 0 Å². The minimum absolute atomic E-state index is 0.321. The Bertz CT molecular complexity index is 548. The van der Waals surface area contributed by atoms with Gasteiger partial charge in [-0.15, -0.1) is 0 Å². The first-order valence-corrected chi connectivity index (χ1v) is 7.60. The van der Waals surface area contributed by atoms with Gasteiger partial charge in [0.2, 0.25) is 0 Å². The lowest BCUT2D eigenvalue weighted by atomic mass is 10.2. The van der Waals surface area contributed by atoms with E-state index < -0.39 is 5.97 Å². The molecular weight excluding hydrogens is 332 g/mol. The maximum Gasteiger partial charge on any atom is 0.351 e. The number of rotatable bonds is 6. The maximum atomic E-state index is 11.5. The van der Waals surface area contributed by atoms with Crippen molar-refractivity contribution in [1.29, 1.82) is 0 Å². The third-order valence-corrected chi connectivity index (χ3v) is 2.93. The second kappa shape index (κ2) is 8.21. The Morgan fingerprint density at radius 3 is 2.05 bits per heavy atom. The quantitative estimate of drug-likeness (QED) is 0.346. The summed E-state index contributed by atoms with van der Waals surface area (Å²) < 4.78 is 4.95. The molecule has 2 rings (SSSR count). The average Bonchev–Trinajstić information content (AvgIpc) is 2.55. The van der Waals surface area contributed by atoms with E-state index in [1.165, 1.54) is 6.21 Å². The summed E-state index contributed by atoms with van der Waals surface area (Å²) >= 11 is 3.20. The number of esters is 1. The van der Waals surface area contributed by atoms with Crippen molar-refractivity contribution in [3.63, 3.8) is 0 Å². The van der Waals surface area contributed by atoms with E-state index >= 15 is 0 Å². The number of halogens is 1. The van der Waals surface area contributed by atoms with Crippen LogP contribution in [0.15, 0.2) is 65.8 Å². The normalized spacial score (nSPS) is 10.5. The highest BCUT2D eigenvalue weighted by atomic mass is 79.9. The number of nitrogens with zero attached hydrogens (tertiary/aromatic N) is 2. The van der Waals surface area contributed by atoms with E-state index in [1.807, 2.05) is 60.7 Å². The fourth-order valence-corrected chi connectivity index (χ4v) is 1.86. The van der Waals surface area contributed by atoms with Crippen LogP contribution in [-0.2, 0) is 9.53 Å². The van der Waals surface area contributed by atoms with Gasteiger partial charge in [0.1, 0.15) is 12.8 Å². The first-order valence-electron chi connectivity index (χ1n) is 6.48. The molecule has 0 amide bonds. The zero-order valence-corrected chi connectivity index (χ0v) is 12.9. The van der Waals surface area contributed by atoms with Crippen LogP contribution >= 0.6 is 15.9 Å². The van der Waals surface area contributed by atoms with Crippen LogP contribution in [0.25, 0.3) is 0 Å². The van der Waals surface area contributed by atoms with Crippen molar-refractivity contribution in [1.82, 2.24) is 0 Å². The number of hydrazone groups is 1. The Morgan fingerprint density at radius 2 is 1.57 bits per heavy atom. The summed E-state index contributed by atoms with van der Waals surface area (Å²) in [7, 11) is 0. The van der Waals surface area contributed by atoms with Gasteiger partial charge in [-0.05, 0) is 24.3 Å². The average molecular weight is 347 g/mol. The number of carbonyl (C=O) groups excluding carboxylic acids is 1. The number of ether oxygens (including phenoxy) is 1. The second-order valence-corrected chi connectivity index (χ2v) is 4.88. The summed E-state index contributed by atoms with van der Waals surface area (Å²) in [6, 6.07) is 19.2. The minimum atomic E-state index is -0.466. The standard InChI is InChI=1S/C16H15BrN2O2/c17-11-12-21-16(20)13-18-19(14-7-3-1-4-8-14)15-9-5-2-6-10-15/h1-10,13H,11-12H2/b18-13+. The van der Waals surface area contributed by atoms with Gasteiger partial charge in [-0.3, -0.25) is 0 Å². The van der Waals surface area contributed by atoms with E-state index in [0.717, 1.165) is 11.4 Å². The van der Waals surface area contributed by atoms with Gasteiger partial charge in [0.05, 0.1) is 11.4 Å². The van der Waals surface area contributed by atoms with Crippen molar-refractivity contribution in [2.24, 2.45) is 5.10 Å². The van der Waals surface area contributed by atoms with E-state index in [4.69, 9.17) is 4.74 Å². The molecule has 0 saturated carbocycles. The molecule has 2 aromatic carbocycles.